The lowest BCUT2D eigenvalue weighted by atomic mass is 10.1. The second-order valence-corrected chi connectivity index (χ2v) is 4.58. The minimum atomic E-state index is -4.43. The molecule has 6 heteroatoms. The van der Waals surface area contributed by atoms with Gasteiger partial charge < -0.3 is 10.6 Å². The number of benzene rings is 1. The van der Waals surface area contributed by atoms with Crippen LogP contribution < -0.4 is 10.6 Å². The van der Waals surface area contributed by atoms with Gasteiger partial charge in [0.1, 0.15) is 0 Å². The largest absolute Gasteiger partial charge is 0.416 e. The highest BCUT2D eigenvalue weighted by molar-refractivity contribution is 5.94. The Morgan fingerprint density at radius 1 is 1.26 bits per heavy atom. The molecule has 1 amide bonds. The number of nitrogens with one attached hydrogen (secondary N) is 2. The summed E-state index contributed by atoms with van der Waals surface area (Å²) in [5.41, 5.74) is -0.751. The van der Waals surface area contributed by atoms with Crippen molar-refractivity contribution in [3.05, 3.63) is 35.4 Å². The molecule has 1 aliphatic heterocycles. The van der Waals surface area contributed by atoms with Crippen LogP contribution in [0.2, 0.25) is 0 Å². The summed E-state index contributed by atoms with van der Waals surface area (Å²) in [4.78, 5) is 11.9. The van der Waals surface area contributed by atoms with Crippen molar-refractivity contribution in [1.29, 1.82) is 0 Å². The number of hydrogen-bond acceptors (Lipinski definition) is 2. The standard InChI is InChI=1S/C13H15F3N2O/c14-13(15,16)10-3-1-2-9(8-10)12(19)18-11-4-6-17-7-5-11/h1-3,8,11,17H,4-7H2,(H,18,19). The van der Waals surface area contributed by atoms with Crippen LogP contribution in [0.5, 0.6) is 0 Å². The molecular formula is C13H15F3N2O. The van der Waals surface area contributed by atoms with E-state index in [1.165, 1.54) is 12.1 Å². The van der Waals surface area contributed by atoms with Crippen LogP contribution in [0.3, 0.4) is 0 Å². The summed E-state index contributed by atoms with van der Waals surface area (Å²) in [5, 5.41) is 5.92. The van der Waals surface area contributed by atoms with Gasteiger partial charge in [0.05, 0.1) is 5.56 Å². The molecule has 0 aromatic heterocycles. The monoisotopic (exact) mass is 272 g/mol. The molecule has 0 unspecified atom stereocenters. The zero-order valence-electron chi connectivity index (χ0n) is 10.3. The number of amides is 1. The van der Waals surface area contributed by atoms with Gasteiger partial charge in [-0.25, -0.2) is 0 Å². The summed E-state index contributed by atoms with van der Waals surface area (Å²) in [5.74, 6) is -0.446. The highest BCUT2D eigenvalue weighted by atomic mass is 19.4. The van der Waals surface area contributed by atoms with Crippen molar-refractivity contribution in [3.8, 4) is 0 Å². The van der Waals surface area contributed by atoms with E-state index in [4.69, 9.17) is 0 Å². The van der Waals surface area contributed by atoms with Crippen LogP contribution >= 0.6 is 0 Å². The predicted molar refractivity (Wildman–Crippen MR) is 64.8 cm³/mol. The maximum atomic E-state index is 12.5. The second-order valence-electron chi connectivity index (χ2n) is 4.58. The first-order valence-corrected chi connectivity index (χ1v) is 6.15. The van der Waals surface area contributed by atoms with Crippen LogP contribution in [0.25, 0.3) is 0 Å². The molecule has 1 aromatic carbocycles. The number of alkyl halides is 3. The second kappa shape index (κ2) is 5.61. The van der Waals surface area contributed by atoms with Crippen LogP contribution in [0, 0.1) is 0 Å². The highest BCUT2D eigenvalue weighted by Crippen LogP contribution is 2.29. The average molecular weight is 272 g/mol. The lowest BCUT2D eigenvalue weighted by Gasteiger charge is -2.23. The highest BCUT2D eigenvalue weighted by Gasteiger charge is 2.31. The molecule has 0 aliphatic carbocycles. The molecule has 0 radical (unpaired) electrons. The van der Waals surface area contributed by atoms with Gasteiger partial charge in [-0.05, 0) is 44.1 Å². The zero-order valence-corrected chi connectivity index (χ0v) is 10.3. The summed E-state index contributed by atoms with van der Waals surface area (Å²) < 4.78 is 37.6. The van der Waals surface area contributed by atoms with Gasteiger partial charge in [0.2, 0.25) is 0 Å². The predicted octanol–water partition coefficient (Wildman–Crippen LogP) is 2.19. The van der Waals surface area contributed by atoms with E-state index in [1.54, 1.807) is 0 Å². The van der Waals surface area contributed by atoms with Gasteiger partial charge in [0, 0.05) is 11.6 Å². The molecule has 1 saturated heterocycles. The zero-order chi connectivity index (χ0) is 13.9. The van der Waals surface area contributed by atoms with Crippen molar-refractivity contribution >= 4 is 5.91 Å². The maximum Gasteiger partial charge on any atom is 0.416 e. The van der Waals surface area contributed by atoms with E-state index < -0.39 is 17.6 Å². The van der Waals surface area contributed by atoms with E-state index in [-0.39, 0.29) is 11.6 Å². The molecule has 1 fully saturated rings. The van der Waals surface area contributed by atoms with Gasteiger partial charge in [-0.2, -0.15) is 13.2 Å². The Morgan fingerprint density at radius 2 is 1.95 bits per heavy atom. The van der Waals surface area contributed by atoms with E-state index in [1.807, 2.05) is 0 Å². The minimum Gasteiger partial charge on any atom is -0.349 e. The van der Waals surface area contributed by atoms with Crippen molar-refractivity contribution in [2.24, 2.45) is 0 Å². The Balaban J connectivity index is 2.06. The third-order valence-corrected chi connectivity index (χ3v) is 3.13. The molecule has 0 spiro atoms. The lowest BCUT2D eigenvalue weighted by molar-refractivity contribution is -0.137. The number of halogens is 3. The van der Waals surface area contributed by atoms with Gasteiger partial charge in [0.25, 0.3) is 5.91 Å². The van der Waals surface area contributed by atoms with E-state index in [2.05, 4.69) is 10.6 Å². The van der Waals surface area contributed by atoms with Crippen LogP contribution in [0.4, 0.5) is 13.2 Å². The van der Waals surface area contributed by atoms with Crippen LogP contribution in [-0.2, 0) is 6.18 Å². The molecule has 104 valence electrons. The number of rotatable bonds is 2. The van der Waals surface area contributed by atoms with Crippen LogP contribution in [0.15, 0.2) is 24.3 Å². The molecule has 2 rings (SSSR count). The summed E-state index contributed by atoms with van der Waals surface area (Å²) >= 11 is 0. The summed E-state index contributed by atoms with van der Waals surface area (Å²) in [7, 11) is 0. The van der Waals surface area contributed by atoms with E-state index in [9.17, 15) is 18.0 Å². The van der Waals surface area contributed by atoms with Gasteiger partial charge in [-0.15, -0.1) is 0 Å². The normalized spacial score (nSPS) is 17.2. The fourth-order valence-electron chi connectivity index (χ4n) is 2.07. The summed E-state index contributed by atoms with van der Waals surface area (Å²) in [6.45, 7) is 1.63. The van der Waals surface area contributed by atoms with E-state index in [0.29, 0.717) is 0 Å². The first-order valence-electron chi connectivity index (χ1n) is 6.15. The van der Waals surface area contributed by atoms with Crippen molar-refractivity contribution in [3.63, 3.8) is 0 Å². The van der Waals surface area contributed by atoms with Gasteiger partial charge in [0.15, 0.2) is 0 Å². The average Bonchev–Trinajstić information content (AvgIpc) is 2.39. The SMILES string of the molecule is O=C(NC1CCNCC1)c1cccc(C(F)(F)F)c1. The molecule has 0 saturated carbocycles. The molecule has 2 N–H and O–H groups in total. The summed E-state index contributed by atoms with van der Waals surface area (Å²) in [6, 6.07) is 4.52. The number of piperidine rings is 1. The smallest absolute Gasteiger partial charge is 0.349 e. The third-order valence-electron chi connectivity index (χ3n) is 3.13. The number of carbonyl (C=O) groups is 1. The van der Waals surface area contributed by atoms with E-state index in [0.717, 1.165) is 38.1 Å². The Morgan fingerprint density at radius 3 is 2.58 bits per heavy atom. The molecule has 0 atom stereocenters. The minimum absolute atomic E-state index is 0.0308. The number of carbonyl (C=O) groups excluding carboxylic acids is 1. The maximum absolute atomic E-state index is 12.5. The van der Waals surface area contributed by atoms with Crippen LogP contribution in [-0.4, -0.2) is 25.0 Å². The van der Waals surface area contributed by atoms with Crippen molar-refractivity contribution in [1.82, 2.24) is 10.6 Å². The lowest BCUT2D eigenvalue weighted by Crippen LogP contribution is -2.42. The molecule has 0 bridgehead atoms. The first kappa shape index (κ1) is 13.9. The molecule has 1 aliphatic rings. The Kier molecular flexibility index (Phi) is 4.09. The van der Waals surface area contributed by atoms with Gasteiger partial charge in [-0.3, -0.25) is 4.79 Å². The first-order chi connectivity index (χ1) is 8.97. The third kappa shape index (κ3) is 3.70. The molecule has 19 heavy (non-hydrogen) atoms. The van der Waals surface area contributed by atoms with E-state index >= 15 is 0 Å². The van der Waals surface area contributed by atoms with Gasteiger partial charge >= 0.3 is 6.18 Å². The topological polar surface area (TPSA) is 41.1 Å². The van der Waals surface area contributed by atoms with Crippen molar-refractivity contribution in [2.75, 3.05) is 13.1 Å². The van der Waals surface area contributed by atoms with Crippen molar-refractivity contribution < 1.29 is 18.0 Å². The summed E-state index contributed by atoms with van der Waals surface area (Å²) in [6.07, 6.45) is -2.83. The fourth-order valence-corrected chi connectivity index (χ4v) is 2.07. The quantitative estimate of drug-likeness (QED) is 0.866. The fraction of sp³-hybridized carbons (Fsp3) is 0.462. The van der Waals surface area contributed by atoms with Crippen molar-refractivity contribution in [2.45, 2.75) is 25.1 Å². The Hall–Kier alpha value is -1.56. The molecule has 1 heterocycles. The Bertz CT molecular complexity index is 453. The van der Waals surface area contributed by atoms with Gasteiger partial charge in [-0.1, -0.05) is 6.07 Å². The molecular weight excluding hydrogens is 257 g/mol. The molecule has 3 nitrogen and oxygen atoms in total. The number of hydrogen-bond donors (Lipinski definition) is 2. The Labute approximate surface area is 109 Å². The molecule has 1 aromatic rings. The van der Waals surface area contributed by atoms with Crippen LogP contribution in [0.1, 0.15) is 28.8 Å².